The summed E-state index contributed by atoms with van der Waals surface area (Å²) < 4.78 is 16.0. The van der Waals surface area contributed by atoms with Gasteiger partial charge in [-0.3, -0.25) is 4.79 Å². The van der Waals surface area contributed by atoms with E-state index < -0.39 is 0 Å². The molecule has 0 aliphatic rings. The van der Waals surface area contributed by atoms with Gasteiger partial charge in [-0.2, -0.15) is 5.10 Å². The summed E-state index contributed by atoms with van der Waals surface area (Å²) in [7, 11) is 4.64. The van der Waals surface area contributed by atoms with Gasteiger partial charge in [0, 0.05) is 5.56 Å². The van der Waals surface area contributed by atoms with Crippen molar-refractivity contribution in [2.24, 2.45) is 5.10 Å². The topological polar surface area (TPSA) is 69.2 Å². The van der Waals surface area contributed by atoms with E-state index in [4.69, 9.17) is 14.2 Å². The molecule has 6 heteroatoms. The van der Waals surface area contributed by atoms with Crippen LogP contribution in [0.3, 0.4) is 0 Å². The molecule has 0 atom stereocenters. The Balaban J connectivity index is 1.84. The molecule has 3 aromatic carbocycles. The van der Waals surface area contributed by atoms with Gasteiger partial charge >= 0.3 is 0 Å². The molecular formula is C21H20N2O4. The molecule has 1 amide bonds. The Morgan fingerprint density at radius 1 is 0.889 bits per heavy atom. The number of nitrogens with zero attached hydrogens (tertiary/aromatic N) is 1. The van der Waals surface area contributed by atoms with E-state index in [1.54, 1.807) is 26.4 Å². The number of ether oxygens (including phenoxy) is 3. The molecule has 0 fully saturated rings. The van der Waals surface area contributed by atoms with Crippen molar-refractivity contribution >= 4 is 22.9 Å². The van der Waals surface area contributed by atoms with Crippen LogP contribution in [0.2, 0.25) is 0 Å². The number of para-hydroxylation sites is 1. The Morgan fingerprint density at radius 3 is 2.26 bits per heavy atom. The molecule has 0 saturated heterocycles. The first kappa shape index (κ1) is 18.3. The maximum Gasteiger partial charge on any atom is 0.275 e. The normalized spacial score (nSPS) is 10.8. The third-order valence-corrected chi connectivity index (χ3v) is 4.12. The standard InChI is InChI=1S/C21H20N2O4/c1-25-18-10-6-9-16(20(18)27-3)13-22-23-21(24)17-11-14-7-4-5-8-15(14)12-19(17)26-2/h4-13H,1-3H3,(H,23,24)/b22-13-. The van der Waals surface area contributed by atoms with E-state index in [1.807, 2.05) is 42.5 Å². The minimum absolute atomic E-state index is 0.365. The van der Waals surface area contributed by atoms with Crippen LogP contribution in [-0.4, -0.2) is 33.5 Å². The minimum atomic E-state index is -0.365. The Labute approximate surface area is 157 Å². The lowest BCUT2D eigenvalue weighted by atomic mass is 10.1. The van der Waals surface area contributed by atoms with Crippen LogP contribution >= 0.6 is 0 Å². The Bertz CT molecular complexity index is 999. The van der Waals surface area contributed by atoms with E-state index in [1.165, 1.54) is 13.3 Å². The average molecular weight is 364 g/mol. The first-order chi connectivity index (χ1) is 13.2. The maximum atomic E-state index is 12.6. The van der Waals surface area contributed by atoms with Gasteiger partial charge in [0.05, 0.1) is 33.1 Å². The van der Waals surface area contributed by atoms with Gasteiger partial charge in [0.25, 0.3) is 5.91 Å². The number of hydrazone groups is 1. The van der Waals surface area contributed by atoms with Crippen molar-refractivity contribution in [1.29, 1.82) is 0 Å². The fourth-order valence-electron chi connectivity index (χ4n) is 2.80. The van der Waals surface area contributed by atoms with Crippen molar-refractivity contribution in [1.82, 2.24) is 5.43 Å². The van der Waals surface area contributed by atoms with Crippen molar-refractivity contribution in [2.45, 2.75) is 0 Å². The zero-order valence-electron chi connectivity index (χ0n) is 15.4. The minimum Gasteiger partial charge on any atom is -0.496 e. The first-order valence-corrected chi connectivity index (χ1v) is 8.29. The maximum absolute atomic E-state index is 12.6. The number of carbonyl (C=O) groups is 1. The molecular weight excluding hydrogens is 344 g/mol. The predicted octanol–water partition coefficient (Wildman–Crippen LogP) is 3.63. The molecule has 138 valence electrons. The van der Waals surface area contributed by atoms with Gasteiger partial charge in [0.15, 0.2) is 11.5 Å². The van der Waals surface area contributed by atoms with Gasteiger partial charge in [0.1, 0.15) is 5.75 Å². The molecule has 0 aromatic heterocycles. The van der Waals surface area contributed by atoms with E-state index in [0.717, 1.165) is 10.8 Å². The first-order valence-electron chi connectivity index (χ1n) is 8.29. The molecule has 0 heterocycles. The van der Waals surface area contributed by atoms with Crippen LogP contribution in [0, 0.1) is 0 Å². The van der Waals surface area contributed by atoms with Crippen molar-refractivity contribution in [2.75, 3.05) is 21.3 Å². The number of carbonyl (C=O) groups excluding carboxylic acids is 1. The highest BCUT2D eigenvalue weighted by atomic mass is 16.5. The fraction of sp³-hybridized carbons (Fsp3) is 0.143. The number of benzene rings is 3. The van der Waals surface area contributed by atoms with E-state index in [-0.39, 0.29) is 5.91 Å². The molecule has 0 bridgehead atoms. The number of hydrogen-bond acceptors (Lipinski definition) is 5. The fourth-order valence-corrected chi connectivity index (χ4v) is 2.80. The number of fused-ring (bicyclic) bond motifs is 1. The highest BCUT2D eigenvalue weighted by molar-refractivity contribution is 6.02. The van der Waals surface area contributed by atoms with Crippen molar-refractivity contribution < 1.29 is 19.0 Å². The number of hydrogen-bond donors (Lipinski definition) is 1. The number of amides is 1. The number of methoxy groups -OCH3 is 3. The molecule has 27 heavy (non-hydrogen) atoms. The van der Waals surface area contributed by atoms with Crippen LogP contribution in [0.15, 0.2) is 59.7 Å². The molecule has 0 radical (unpaired) electrons. The lowest BCUT2D eigenvalue weighted by Crippen LogP contribution is -2.18. The molecule has 0 aliphatic carbocycles. The lowest BCUT2D eigenvalue weighted by Gasteiger charge is -2.10. The second kappa shape index (κ2) is 8.23. The van der Waals surface area contributed by atoms with Gasteiger partial charge in [-0.15, -0.1) is 0 Å². The van der Waals surface area contributed by atoms with E-state index in [2.05, 4.69) is 10.5 Å². The van der Waals surface area contributed by atoms with Crippen LogP contribution in [0.1, 0.15) is 15.9 Å². The van der Waals surface area contributed by atoms with E-state index >= 15 is 0 Å². The van der Waals surface area contributed by atoms with Gasteiger partial charge in [-0.25, -0.2) is 5.43 Å². The average Bonchev–Trinajstić information content (AvgIpc) is 2.72. The van der Waals surface area contributed by atoms with Crippen molar-refractivity contribution in [3.8, 4) is 17.2 Å². The lowest BCUT2D eigenvalue weighted by molar-refractivity contribution is 0.0952. The summed E-state index contributed by atoms with van der Waals surface area (Å²) in [5.74, 6) is 1.25. The number of nitrogens with one attached hydrogen (secondary N) is 1. The van der Waals surface area contributed by atoms with Crippen LogP contribution in [0.5, 0.6) is 17.2 Å². The highest BCUT2D eigenvalue weighted by Gasteiger charge is 2.13. The van der Waals surface area contributed by atoms with Gasteiger partial charge in [-0.1, -0.05) is 30.3 Å². The summed E-state index contributed by atoms with van der Waals surface area (Å²) in [6.45, 7) is 0. The number of rotatable bonds is 6. The molecule has 0 unspecified atom stereocenters. The molecule has 3 rings (SSSR count). The summed E-state index contributed by atoms with van der Waals surface area (Å²) in [5.41, 5.74) is 3.62. The summed E-state index contributed by atoms with van der Waals surface area (Å²) in [5, 5.41) is 5.98. The van der Waals surface area contributed by atoms with Crippen LogP contribution in [-0.2, 0) is 0 Å². The third-order valence-electron chi connectivity index (χ3n) is 4.12. The Kier molecular flexibility index (Phi) is 5.56. The largest absolute Gasteiger partial charge is 0.496 e. The second-order valence-corrected chi connectivity index (χ2v) is 5.68. The van der Waals surface area contributed by atoms with Crippen molar-refractivity contribution in [3.63, 3.8) is 0 Å². The van der Waals surface area contributed by atoms with Gasteiger partial charge in [-0.05, 0) is 35.0 Å². The molecule has 3 aromatic rings. The highest BCUT2D eigenvalue weighted by Crippen LogP contribution is 2.29. The zero-order valence-corrected chi connectivity index (χ0v) is 15.4. The summed E-state index contributed by atoms with van der Waals surface area (Å²) in [6, 6.07) is 16.8. The summed E-state index contributed by atoms with van der Waals surface area (Å²) in [6.07, 6.45) is 1.51. The smallest absolute Gasteiger partial charge is 0.275 e. The van der Waals surface area contributed by atoms with Crippen LogP contribution < -0.4 is 19.6 Å². The van der Waals surface area contributed by atoms with Crippen LogP contribution in [0.25, 0.3) is 10.8 Å². The zero-order chi connectivity index (χ0) is 19.2. The second-order valence-electron chi connectivity index (χ2n) is 5.68. The van der Waals surface area contributed by atoms with Gasteiger partial charge < -0.3 is 14.2 Å². The Hall–Kier alpha value is -3.54. The molecule has 0 spiro atoms. The predicted molar refractivity (Wildman–Crippen MR) is 105 cm³/mol. The van der Waals surface area contributed by atoms with E-state index in [9.17, 15) is 4.79 Å². The summed E-state index contributed by atoms with van der Waals surface area (Å²) >= 11 is 0. The van der Waals surface area contributed by atoms with Gasteiger partial charge in [0.2, 0.25) is 0 Å². The van der Waals surface area contributed by atoms with E-state index in [0.29, 0.717) is 28.4 Å². The molecule has 6 nitrogen and oxygen atoms in total. The SMILES string of the molecule is COc1cc2ccccc2cc1C(=O)N/N=C\c1cccc(OC)c1OC. The van der Waals surface area contributed by atoms with Crippen molar-refractivity contribution in [3.05, 3.63) is 65.7 Å². The summed E-state index contributed by atoms with van der Waals surface area (Å²) in [4.78, 5) is 12.6. The quantitative estimate of drug-likeness (QED) is 0.536. The van der Waals surface area contributed by atoms with Crippen LogP contribution in [0.4, 0.5) is 0 Å². The monoisotopic (exact) mass is 364 g/mol. The molecule has 0 saturated carbocycles. The Morgan fingerprint density at radius 2 is 1.59 bits per heavy atom. The molecule has 0 aliphatic heterocycles. The molecule has 1 N–H and O–H groups in total. The third kappa shape index (κ3) is 3.84.